The zero-order chi connectivity index (χ0) is 16.1. The van der Waals surface area contributed by atoms with Crippen molar-refractivity contribution in [3.05, 3.63) is 0 Å². The maximum atomic E-state index is 12.2. The lowest BCUT2D eigenvalue weighted by atomic mass is 9.44. The monoisotopic (exact) mass is 324 g/mol. The Morgan fingerprint density at radius 2 is 1.82 bits per heavy atom. The molecule has 0 radical (unpaired) electrons. The average molecular weight is 325 g/mol. The molecule has 2 heteroatoms. The summed E-state index contributed by atoms with van der Waals surface area (Å²) < 4.78 is 0. The van der Waals surface area contributed by atoms with Crippen LogP contribution >= 0.6 is 11.6 Å². The molecule has 3 unspecified atom stereocenters. The predicted octanol–water partition coefficient (Wildman–Crippen LogP) is 6.05. The lowest BCUT2D eigenvalue weighted by Gasteiger charge is -2.61. The molecule has 3 rings (SSSR count). The number of halogens is 1. The van der Waals surface area contributed by atoms with Crippen LogP contribution in [0.25, 0.3) is 0 Å². The molecule has 3 aliphatic rings. The minimum atomic E-state index is -0.269. The Hall–Kier alpha value is -0.0400. The largest absolute Gasteiger partial charge is 0.281 e. The Balaban J connectivity index is 1.86. The molecule has 22 heavy (non-hydrogen) atoms. The summed E-state index contributed by atoms with van der Waals surface area (Å²) in [5.74, 6) is 3.99. The summed E-state index contributed by atoms with van der Waals surface area (Å²) in [6, 6.07) is 0. The van der Waals surface area contributed by atoms with Crippen LogP contribution in [-0.2, 0) is 4.79 Å². The van der Waals surface area contributed by atoms with Gasteiger partial charge in [-0.25, -0.2) is 0 Å². The third-order valence-corrected chi connectivity index (χ3v) is 8.50. The number of carbonyl (C=O) groups is 1. The van der Waals surface area contributed by atoms with E-state index in [1.54, 1.807) is 0 Å². The van der Waals surface area contributed by atoms with E-state index in [2.05, 4.69) is 27.7 Å². The fourth-order valence-electron chi connectivity index (χ4n) is 6.71. The molecular weight excluding hydrogens is 292 g/mol. The molecule has 0 amide bonds. The summed E-state index contributed by atoms with van der Waals surface area (Å²) >= 11 is 6.08. The van der Waals surface area contributed by atoms with Crippen molar-refractivity contribution in [2.24, 2.45) is 40.4 Å². The van der Waals surface area contributed by atoms with Gasteiger partial charge in [0.15, 0.2) is 0 Å². The van der Waals surface area contributed by atoms with Gasteiger partial charge in [-0.1, -0.05) is 34.1 Å². The Morgan fingerprint density at radius 3 is 2.45 bits per heavy atom. The average Bonchev–Trinajstić information content (AvgIpc) is 2.46. The van der Waals surface area contributed by atoms with Crippen molar-refractivity contribution < 1.29 is 4.79 Å². The lowest BCUT2D eigenvalue weighted by molar-refractivity contribution is -0.147. The van der Waals surface area contributed by atoms with Crippen LogP contribution in [0.2, 0.25) is 0 Å². The van der Waals surface area contributed by atoms with Gasteiger partial charge in [-0.05, 0) is 91.6 Å². The highest BCUT2D eigenvalue weighted by molar-refractivity contribution is 6.64. The second-order valence-electron chi connectivity index (χ2n) is 9.36. The quantitative estimate of drug-likeness (QED) is 0.565. The molecule has 3 aliphatic carbocycles. The molecule has 3 fully saturated rings. The standard InChI is InChI=1S/C20H33ClO/c1-13(2)14-6-8-16-15(12-14)7-9-17-19(16,3)10-5-11-20(17,4)18(21)22/h13-17H,5-12H2,1-4H3/t14?,15?,16-,17?,19-,20+/m1/s1. The maximum Gasteiger partial charge on any atom is 0.227 e. The first-order valence-electron chi connectivity index (χ1n) is 9.49. The number of carbonyl (C=O) groups excluding carboxylic acids is 1. The van der Waals surface area contributed by atoms with Crippen LogP contribution in [0.1, 0.15) is 79.1 Å². The fraction of sp³-hybridized carbons (Fsp3) is 0.950. The van der Waals surface area contributed by atoms with Gasteiger partial charge in [0, 0.05) is 5.41 Å². The summed E-state index contributed by atoms with van der Waals surface area (Å²) in [7, 11) is 0. The van der Waals surface area contributed by atoms with Crippen molar-refractivity contribution in [1.29, 1.82) is 0 Å². The first-order chi connectivity index (χ1) is 10.3. The second kappa shape index (κ2) is 5.80. The molecule has 0 saturated heterocycles. The van der Waals surface area contributed by atoms with Crippen LogP contribution in [0.5, 0.6) is 0 Å². The van der Waals surface area contributed by atoms with Crippen LogP contribution in [0, 0.1) is 40.4 Å². The maximum absolute atomic E-state index is 12.2. The molecule has 1 nitrogen and oxygen atoms in total. The number of hydrogen-bond donors (Lipinski definition) is 0. The second-order valence-corrected chi connectivity index (χ2v) is 9.71. The SMILES string of the molecule is CC(C)C1CC[C@@H]2C(CCC3[C@]2(C)CCC[C@]3(C)C(=O)Cl)C1. The normalized spacial score (nSPS) is 48.6. The molecule has 0 N–H and O–H groups in total. The number of fused-ring (bicyclic) bond motifs is 3. The van der Waals surface area contributed by atoms with Crippen LogP contribution < -0.4 is 0 Å². The van der Waals surface area contributed by atoms with Gasteiger partial charge in [-0.15, -0.1) is 0 Å². The molecule has 3 saturated carbocycles. The van der Waals surface area contributed by atoms with E-state index in [1.807, 2.05) is 0 Å². The minimum absolute atomic E-state index is 0.0715. The van der Waals surface area contributed by atoms with Crippen molar-refractivity contribution in [1.82, 2.24) is 0 Å². The first kappa shape index (κ1) is 16.8. The molecule has 0 aromatic carbocycles. The van der Waals surface area contributed by atoms with E-state index >= 15 is 0 Å². The van der Waals surface area contributed by atoms with Crippen LogP contribution in [0.3, 0.4) is 0 Å². The van der Waals surface area contributed by atoms with Gasteiger partial charge in [-0.3, -0.25) is 4.79 Å². The topological polar surface area (TPSA) is 17.1 Å². The van der Waals surface area contributed by atoms with E-state index < -0.39 is 0 Å². The Bertz CT molecular complexity index is 445. The van der Waals surface area contributed by atoms with Gasteiger partial charge < -0.3 is 0 Å². The van der Waals surface area contributed by atoms with Crippen molar-refractivity contribution >= 4 is 16.8 Å². The van der Waals surface area contributed by atoms with E-state index in [4.69, 9.17) is 11.6 Å². The predicted molar refractivity (Wildman–Crippen MR) is 92.8 cm³/mol. The van der Waals surface area contributed by atoms with Gasteiger partial charge in [0.1, 0.15) is 0 Å². The Morgan fingerprint density at radius 1 is 1.09 bits per heavy atom. The molecule has 0 heterocycles. The van der Waals surface area contributed by atoms with E-state index in [9.17, 15) is 4.79 Å². The molecule has 0 aromatic heterocycles. The van der Waals surface area contributed by atoms with Gasteiger partial charge in [-0.2, -0.15) is 0 Å². The molecule has 0 aromatic rings. The molecule has 6 atom stereocenters. The molecule has 0 spiro atoms. The van der Waals surface area contributed by atoms with Crippen LogP contribution in [-0.4, -0.2) is 5.24 Å². The third-order valence-electron chi connectivity index (χ3n) is 8.06. The van der Waals surface area contributed by atoms with Crippen molar-refractivity contribution in [3.63, 3.8) is 0 Å². The van der Waals surface area contributed by atoms with Gasteiger partial charge in [0.05, 0.1) is 0 Å². The van der Waals surface area contributed by atoms with Crippen molar-refractivity contribution in [2.45, 2.75) is 79.1 Å². The van der Waals surface area contributed by atoms with E-state index in [0.717, 1.165) is 30.1 Å². The lowest BCUT2D eigenvalue weighted by Crippen LogP contribution is -2.55. The zero-order valence-electron chi connectivity index (χ0n) is 14.8. The smallest absolute Gasteiger partial charge is 0.227 e. The highest BCUT2D eigenvalue weighted by Gasteiger charge is 2.58. The van der Waals surface area contributed by atoms with Crippen molar-refractivity contribution in [3.8, 4) is 0 Å². The summed E-state index contributed by atoms with van der Waals surface area (Å²) in [6.07, 6.45) is 10.2. The van der Waals surface area contributed by atoms with Crippen molar-refractivity contribution in [2.75, 3.05) is 0 Å². The molecule has 0 bridgehead atoms. The fourth-order valence-corrected chi connectivity index (χ4v) is 6.94. The zero-order valence-corrected chi connectivity index (χ0v) is 15.6. The van der Waals surface area contributed by atoms with Crippen LogP contribution in [0.15, 0.2) is 0 Å². The highest BCUT2D eigenvalue weighted by atomic mass is 35.5. The van der Waals surface area contributed by atoms with E-state index in [0.29, 0.717) is 11.3 Å². The Labute approximate surface area is 141 Å². The third kappa shape index (κ3) is 2.46. The van der Waals surface area contributed by atoms with E-state index in [-0.39, 0.29) is 10.7 Å². The molecule has 0 aliphatic heterocycles. The van der Waals surface area contributed by atoms with Gasteiger partial charge in [0.2, 0.25) is 5.24 Å². The van der Waals surface area contributed by atoms with E-state index in [1.165, 1.54) is 44.9 Å². The minimum Gasteiger partial charge on any atom is -0.281 e. The summed E-state index contributed by atoms with van der Waals surface area (Å²) in [5, 5.41) is -0.0715. The first-order valence-corrected chi connectivity index (χ1v) is 9.87. The summed E-state index contributed by atoms with van der Waals surface area (Å²) in [6.45, 7) is 9.44. The Kier molecular flexibility index (Phi) is 4.43. The van der Waals surface area contributed by atoms with Gasteiger partial charge in [0.25, 0.3) is 0 Å². The summed E-state index contributed by atoms with van der Waals surface area (Å²) in [5.41, 5.74) is 0.0802. The number of hydrogen-bond acceptors (Lipinski definition) is 1. The highest BCUT2D eigenvalue weighted by Crippen LogP contribution is 2.64. The summed E-state index contributed by atoms with van der Waals surface area (Å²) in [4.78, 5) is 12.2. The number of rotatable bonds is 2. The molecule has 126 valence electrons. The van der Waals surface area contributed by atoms with Gasteiger partial charge >= 0.3 is 0 Å². The van der Waals surface area contributed by atoms with Crippen LogP contribution in [0.4, 0.5) is 0 Å². The molecular formula is C20H33ClO.